The Balaban J connectivity index is 1.38. The molecule has 4 rings (SSSR count). The number of aromatic nitrogens is 3. The monoisotopic (exact) mass is 339 g/mol. The van der Waals surface area contributed by atoms with Crippen LogP contribution in [0.5, 0.6) is 0 Å². The Hall–Kier alpha value is -2.21. The second-order valence-corrected chi connectivity index (χ2v) is 7.19. The lowest BCUT2D eigenvalue weighted by molar-refractivity contribution is 0.0761. The molecule has 0 N–H and O–H groups in total. The van der Waals surface area contributed by atoms with Crippen LogP contribution in [0.25, 0.3) is 0 Å². The van der Waals surface area contributed by atoms with E-state index in [0.29, 0.717) is 5.92 Å². The Morgan fingerprint density at radius 2 is 2.12 bits per heavy atom. The normalized spacial score (nSPS) is 19.0. The number of rotatable bonds is 4. The summed E-state index contributed by atoms with van der Waals surface area (Å²) in [6.07, 6.45) is 9.18. The van der Waals surface area contributed by atoms with Crippen LogP contribution in [0.3, 0.4) is 0 Å². The Kier molecular flexibility index (Phi) is 4.53. The molecule has 1 aliphatic heterocycles. The highest BCUT2D eigenvalue weighted by Crippen LogP contribution is 2.39. The second-order valence-electron chi connectivity index (χ2n) is 7.19. The molecule has 1 saturated carbocycles. The Morgan fingerprint density at radius 1 is 1.24 bits per heavy atom. The number of aryl methyl sites for hydroxylation is 1. The van der Waals surface area contributed by atoms with Gasteiger partial charge in [-0.15, -0.1) is 0 Å². The van der Waals surface area contributed by atoms with Gasteiger partial charge in [0.1, 0.15) is 0 Å². The van der Waals surface area contributed by atoms with Gasteiger partial charge in [0.2, 0.25) is 0 Å². The summed E-state index contributed by atoms with van der Waals surface area (Å²) >= 11 is 0. The van der Waals surface area contributed by atoms with E-state index < -0.39 is 0 Å². The van der Waals surface area contributed by atoms with Crippen molar-refractivity contribution in [2.75, 3.05) is 26.2 Å². The molecule has 0 aromatic carbocycles. The number of carbonyl (C=O) groups excluding carboxylic acids is 1. The fraction of sp³-hybridized carbons (Fsp3) is 0.526. The summed E-state index contributed by atoms with van der Waals surface area (Å²) in [6, 6.07) is 3.85. The molecule has 1 aliphatic carbocycles. The molecule has 1 amide bonds. The van der Waals surface area contributed by atoms with Gasteiger partial charge in [0.15, 0.2) is 0 Å². The van der Waals surface area contributed by atoms with Crippen LogP contribution in [0.15, 0.2) is 30.7 Å². The van der Waals surface area contributed by atoms with Crippen molar-refractivity contribution in [1.29, 1.82) is 0 Å². The van der Waals surface area contributed by atoms with Crippen molar-refractivity contribution in [3.05, 3.63) is 47.5 Å². The lowest BCUT2D eigenvalue weighted by Crippen LogP contribution is -2.35. The highest BCUT2D eigenvalue weighted by molar-refractivity contribution is 5.94. The van der Waals surface area contributed by atoms with Gasteiger partial charge >= 0.3 is 0 Å². The van der Waals surface area contributed by atoms with Crippen LogP contribution in [-0.2, 0) is 13.6 Å². The number of carbonyl (C=O) groups is 1. The lowest BCUT2D eigenvalue weighted by atomic mass is 10.1. The maximum Gasteiger partial charge on any atom is 0.254 e. The standard InChI is InChI=1S/C19H25N5O/c1-22-13-15(12-21-22)14-23-7-2-8-24(10-9-23)19(25)17-5-6-20-18(11-17)16-3-4-16/h5-6,11-13,16H,2-4,7-10,14H2,1H3. The molecular formula is C19H25N5O. The Bertz CT molecular complexity index is 752. The van der Waals surface area contributed by atoms with Gasteiger partial charge in [-0.1, -0.05) is 0 Å². The van der Waals surface area contributed by atoms with Gasteiger partial charge in [0.05, 0.1) is 6.20 Å². The maximum absolute atomic E-state index is 12.9. The molecule has 2 fully saturated rings. The minimum atomic E-state index is 0.146. The maximum atomic E-state index is 12.9. The third-order valence-corrected chi connectivity index (χ3v) is 5.06. The Labute approximate surface area is 148 Å². The number of hydrogen-bond acceptors (Lipinski definition) is 4. The van der Waals surface area contributed by atoms with Crippen molar-refractivity contribution in [3.63, 3.8) is 0 Å². The zero-order valence-corrected chi connectivity index (χ0v) is 14.8. The van der Waals surface area contributed by atoms with Crippen LogP contribution in [-0.4, -0.2) is 56.7 Å². The number of hydrogen-bond donors (Lipinski definition) is 0. The average molecular weight is 339 g/mol. The van der Waals surface area contributed by atoms with Crippen LogP contribution < -0.4 is 0 Å². The van der Waals surface area contributed by atoms with E-state index in [1.807, 2.05) is 35.0 Å². The largest absolute Gasteiger partial charge is 0.337 e. The quantitative estimate of drug-likeness (QED) is 0.855. The molecule has 2 aromatic heterocycles. The average Bonchev–Trinajstić information content (AvgIpc) is 3.42. The van der Waals surface area contributed by atoms with Crippen molar-refractivity contribution in [1.82, 2.24) is 24.6 Å². The molecule has 0 atom stereocenters. The molecule has 2 aromatic rings. The zero-order chi connectivity index (χ0) is 17.2. The van der Waals surface area contributed by atoms with Gasteiger partial charge in [0, 0.05) is 74.9 Å². The first-order valence-electron chi connectivity index (χ1n) is 9.14. The van der Waals surface area contributed by atoms with Gasteiger partial charge in [-0.25, -0.2) is 0 Å². The molecule has 6 nitrogen and oxygen atoms in total. The van der Waals surface area contributed by atoms with E-state index >= 15 is 0 Å². The molecule has 0 spiro atoms. The topological polar surface area (TPSA) is 54.3 Å². The molecule has 25 heavy (non-hydrogen) atoms. The first-order chi connectivity index (χ1) is 12.2. The second kappa shape index (κ2) is 6.96. The first-order valence-corrected chi connectivity index (χ1v) is 9.14. The highest BCUT2D eigenvalue weighted by atomic mass is 16.2. The van der Waals surface area contributed by atoms with E-state index in [9.17, 15) is 4.79 Å². The molecule has 2 aliphatic rings. The van der Waals surface area contributed by atoms with Crippen molar-refractivity contribution in [2.24, 2.45) is 7.05 Å². The first kappa shape index (κ1) is 16.3. The third kappa shape index (κ3) is 3.90. The van der Waals surface area contributed by atoms with Gasteiger partial charge in [-0.2, -0.15) is 5.10 Å². The number of nitrogens with zero attached hydrogens (tertiary/aromatic N) is 5. The predicted octanol–water partition coefficient (Wildman–Crippen LogP) is 2.04. The summed E-state index contributed by atoms with van der Waals surface area (Å²) in [4.78, 5) is 21.7. The Morgan fingerprint density at radius 3 is 2.88 bits per heavy atom. The summed E-state index contributed by atoms with van der Waals surface area (Å²) in [7, 11) is 1.94. The molecule has 6 heteroatoms. The summed E-state index contributed by atoms with van der Waals surface area (Å²) in [6.45, 7) is 4.42. The van der Waals surface area contributed by atoms with Crippen LogP contribution in [0.2, 0.25) is 0 Å². The van der Waals surface area contributed by atoms with Crippen LogP contribution in [0, 0.1) is 0 Å². The number of amides is 1. The molecule has 0 bridgehead atoms. The predicted molar refractivity (Wildman–Crippen MR) is 95.2 cm³/mol. The van der Waals surface area contributed by atoms with Crippen molar-refractivity contribution in [2.45, 2.75) is 31.7 Å². The molecule has 132 valence electrons. The van der Waals surface area contributed by atoms with E-state index in [2.05, 4.69) is 21.2 Å². The molecule has 3 heterocycles. The van der Waals surface area contributed by atoms with Crippen molar-refractivity contribution < 1.29 is 4.79 Å². The summed E-state index contributed by atoms with van der Waals surface area (Å²) in [5.41, 5.74) is 3.10. The van der Waals surface area contributed by atoms with E-state index in [1.54, 1.807) is 6.20 Å². The smallest absolute Gasteiger partial charge is 0.254 e. The highest BCUT2D eigenvalue weighted by Gasteiger charge is 2.26. The van der Waals surface area contributed by atoms with Crippen LogP contribution in [0.1, 0.15) is 46.8 Å². The van der Waals surface area contributed by atoms with Gasteiger partial charge in [-0.3, -0.25) is 19.4 Å². The molecule has 0 unspecified atom stereocenters. The SMILES string of the molecule is Cn1cc(CN2CCCN(C(=O)c3ccnc(C4CC4)c3)CC2)cn1. The third-order valence-electron chi connectivity index (χ3n) is 5.06. The van der Waals surface area contributed by atoms with E-state index in [1.165, 1.54) is 18.4 Å². The van der Waals surface area contributed by atoms with Gasteiger partial charge < -0.3 is 4.90 Å². The zero-order valence-electron chi connectivity index (χ0n) is 14.8. The summed E-state index contributed by atoms with van der Waals surface area (Å²) in [5.74, 6) is 0.722. The summed E-state index contributed by atoms with van der Waals surface area (Å²) < 4.78 is 1.84. The minimum absolute atomic E-state index is 0.146. The minimum Gasteiger partial charge on any atom is -0.337 e. The van der Waals surface area contributed by atoms with Gasteiger partial charge in [-0.05, 0) is 31.4 Å². The van der Waals surface area contributed by atoms with Crippen molar-refractivity contribution in [3.8, 4) is 0 Å². The lowest BCUT2D eigenvalue weighted by Gasteiger charge is -2.22. The fourth-order valence-electron chi connectivity index (χ4n) is 3.51. The number of pyridine rings is 1. The van der Waals surface area contributed by atoms with E-state index in [0.717, 1.165) is 50.4 Å². The van der Waals surface area contributed by atoms with Crippen LogP contribution >= 0.6 is 0 Å². The van der Waals surface area contributed by atoms with E-state index in [-0.39, 0.29) is 5.91 Å². The van der Waals surface area contributed by atoms with Gasteiger partial charge in [0.25, 0.3) is 5.91 Å². The fourth-order valence-corrected chi connectivity index (χ4v) is 3.51. The molecule has 0 radical (unpaired) electrons. The van der Waals surface area contributed by atoms with Crippen molar-refractivity contribution >= 4 is 5.91 Å². The molecular weight excluding hydrogens is 314 g/mol. The van der Waals surface area contributed by atoms with Crippen LogP contribution in [0.4, 0.5) is 0 Å². The van der Waals surface area contributed by atoms with E-state index in [4.69, 9.17) is 0 Å². The molecule has 1 saturated heterocycles. The summed E-state index contributed by atoms with van der Waals surface area (Å²) in [5, 5.41) is 4.24.